The predicted octanol–water partition coefficient (Wildman–Crippen LogP) is 1.60. The molecule has 4 heteroatoms. The monoisotopic (exact) mass is 164 g/mol. The Balaban J connectivity index is 3.49. The molecule has 10 heavy (non-hydrogen) atoms. The van der Waals surface area contributed by atoms with Crippen molar-refractivity contribution in [3.05, 3.63) is 0 Å². The van der Waals surface area contributed by atoms with Gasteiger partial charge in [0.25, 0.3) is 0 Å². The molecule has 60 valence electrons. The van der Waals surface area contributed by atoms with Crippen LogP contribution in [0.15, 0.2) is 0 Å². The number of hydrogen-bond acceptors (Lipinski definition) is 3. The fourth-order valence-corrected chi connectivity index (χ4v) is 1.27. The van der Waals surface area contributed by atoms with Crippen molar-refractivity contribution < 1.29 is 14.0 Å². The maximum Gasteiger partial charge on any atom is 0.488 e. The first-order valence-corrected chi connectivity index (χ1v) is 4.61. The highest BCUT2D eigenvalue weighted by atomic mass is 31.1. The summed E-state index contributed by atoms with van der Waals surface area (Å²) in [5, 5.41) is 0. The molecule has 0 aromatic heterocycles. The van der Waals surface area contributed by atoms with Gasteiger partial charge in [-0.15, -0.1) is 4.52 Å². The van der Waals surface area contributed by atoms with Gasteiger partial charge in [0, 0.05) is 0 Å². The molecule has 0 spiro atoms. The molecule has 3 nitrogen and oxygen atoms in total. The minimum absolute atomic E-state index is 0.105. The first-order valence-electron chi connectivity index (χ1n) is 3.51. The quantitative estimate of drug-likeness (QED) is 0.580. The zero-order valence-electron chi connectivity index (χ0n) is 6.37. The van der Waals surface area contributed by atoms with Gasteiger partial charge in [0.15, 0.2) is 0 Å². The van der Waals surface area contributed by atoms with Crippen LogP contribution >= 0.6 is 8.25 Å². The van der Waals surface area contributed by atoms with Crippen LogP contribution in [0.5, 0.6) is 0 Å². The van der Waals surface area contributed by atoms with Gasteiger partial charge in [-0.2, -0.15) is 0 Å². The molecular weight excluding hydrogens is 151 g/mol. The summed E-state index contributed by atoms with van der Waals surface area (Å²) in [4.78, 5) is 10.1. The smallest absolute Gasteiger partial charge is 0.488 e. The van der Waals surface area contributed by atoms with E-state index in [1.54, 1.807) is 0 Å². The average molecular weight is 164 g/mol. The second-order valence-electron chi connectivity index (χ2n) is 2.15. The van der Waals surface area contributed by atoms with E-state index in [0.29, 0.717) is 0 Å². The molecule has 2 unspecified atom stereocenters. The molecule has 0 heterocycles. The van der Waals surface area contributed by atoms with Crippen molar-refractivity contribution in [1.82, 2.24) is 0 Å². The van der Waals surface area contributed by atoms with Crippen LogP contribution in [0.2, 0.25) is 0 Å². The van der Waals surface area contributed by atoms with Crippen LogP contribution in [-0.4, -0.2) is 6.10 Å². The van der Waals surface area contributed by atoms with Gasteiger partial charge in [0.2, 0.25) is 0 Å². The average Bonchev–Trinajstić information content (AvgIpc) is 1.86. The van der Waals surface area contributed by atoms with E-state index in [9.17, 15) is 9.46 Å². The van der Waals surface area contributed by atoms with Crippen molar-refractivity contribution >= 4 is 8.25 Å². The van der Waals surface area contributed by atoms with Crippen LogP contribution in [-0.2, 0) is 9.09 Å². The molecular formula is C6H13O3P. The molecule has 0 saturated heterocycles. The van der Waals surface area contributed by atoms with E-state index in [0.717, 1.165) is 19.3 Å². The summed E-state index contributed by atoms with van der Waals surface area (Å²) in [7, 11) is -2.66. The highest BCUT2D eigenvalue weighted by Crippen LogP contribution is 2.18. The Morgan fingerprint density at radius 1 is 1.60 bits per heavy atom. The van der Waals surface area contributed by atoms with Gasteiger partial charge in [0.1, 0.15) is 6.10 Å². The summed E-state index contributed by atoms with van der Waals surface area (Å²) in [5.41, 5.74) is 0. The minimum atomic E-state index is -2.66. The molecule has 0 aliphatic rings. The van der Waals surface area contributed by atoms with Gasteiger partial charge in [-0.1, -0.05) is 20.3 Å². The van der Waals surface area contributed by atoms with Crippen molar-refractivity contribution in [3.63, 3.8) is 0 Å². The standard InChI is InChI=1S/C6H13O3P/c1-3-5-6(4-2)9-10(7)8/h6H,3-5H2,1-2H3. The van der Waals surface area contributed by atoms with Crippen LogP contribution in [0.4, 0.5) is 0 Å². The van der Waals surface area contributed by atoms with Crippen LogP contribution in [0.1, 0.15) is 33.1 Å². The van der Waals surface area contributed by atoms with Crippen molar-refractivity contribution in [1.29, 1.82) is 0 Å². The summed E-state index contributed by atoms with van der Waals surface area (Å²) in [6.45, 7) is 3.92. The summed E-state index contributed by atoms with van der Waals surface area (Å²) in [6, 6.07) is 0. The van der Waals surface area contributed by atoms with Crippen molar-refractivity contribution in [2.24, 2.45) is 0 Å². The molecule has 0 amide bonds. The summed E-state index contributed by atoms with van der Waals surface area (Å²) < 4.78 is 14.7. The SMILES string of the molecule is CCCC(CC)O[P+](=O)[O-]. The van der Waals surface area contributed by atoms with E-state index < -0.39 is 8.25 Å². The largest absolute Gasteiger partial charge is 0.566 e. The molecule has 0 aliphatic carbocycles. The van der Waals surface area contributed by atoms with E-state index in [1.165, 1.54) is 0 Å². The second kappa shape index (κ2) is 5.78. The fourth-order valence-electron chi connectivity index (χ4n) is 0.775. The summed E-state index contributed by atoms with van der Waals surface area (Å²) in [6.07, 6.45) is 2.43. The van der Waals surface area contributed by atoms with Crippen molar-refractivity contribution in [2.45, 2.75) is 39.2 Å². The Hall–Kier alpha value is 0.0200. The Morgan fingerprint density at radius 3 is 2.50 bits per heavy atom. The van der Waals surface area contributed by atoms with Gasteiger partial charge in [-0.25, -0.2) is 0 Å². The minimum Gasteiger partial charge on any atom is -0.566 e. The van der Waals surface area contributed by atoms with Gasteiger partial charge in [-0.05, 0) is 17.4 Å². The van der Waals surface area contributed by atoms with Gasteiger partial charge < -0.3 is 4.89 Å². The van der Waals surface area contributed by atoms with E-state index >= 15 is 0 Å². The molecule has 0 aromatic rings. The highest BCUT2D eigenvalue weighted by Gasteiger charge is 2.13. The molecule has 0 rings (SSSR count). The molecule has 0 aromatic carbocycles. The molecule has 0 fully saturated rings. The normalized spacial score (nSPS) is 14.9. The molecule has 0 radical (unpaired) electrons. The number of rotatable bonds is 5. The lowest BCUT2D eigenvalue weighted by atomic mass is 10.2. The molecule has 0 N–H and O–H groups in total. The van der Waals surface area contributed by atoms with Crippen molar-refractivity contribution in [2.75, 3.05) is 0 Å². The third kappa shape index (κ3) is 4.86. The topological polar surface area (TPSA) is 49.4 Å². The third-order valence-electron chi connectivity index (χ3n) is 1.30. The van der Waals surface area contributed by atoms with Crippen LogP contribution in [0, 0.1) is 0 Å². The lowest BCUT2D eigenvalue weighted by Gasteiger charge is -2.05. The third-order valence-corrected chi connectivity index (χ3v) is 1.77. The Bertz CT molecular complexity index is 105. The molecule has 0 bridgehead atoms. The first-order chi connectivity index (χ1) is 4.70. The van der Waals surface area contributed by atoms with Crippen molar-refractivity contribution in [3.8, 4) is 0 Å². The molecule has 0 aliphatic heterocycles. The van der Waals surface area contributed by atoms with E-state index in [-0.39, 0.29) is 6.10 Å². The van der Waals surface area contributed by atoms with Crippen LogP contribution in [0.3, 0.4) is 0 Å². The zero-order chi connectivity index (χ0) is 7.98. The first kappa shape index (κ1) is 10.0. The van der Waals surface area contributed by atoms with E-state index in [1.807, 2.05) is 13.8 Å². The van der Waals surface area contributed by atoms with Gasteiger partial charge >= 0.3 is 8.25 Å². The van der Waals surface area contributed by atoms with E-state index in [4.69, 9.17) is 0 Å². The fraction of sp³-hybridized carbons (Fsp3) is 1.00. The second-order valence-corrected chi connectivity index (χ2v) is 2.81. The van der Waals surface area contributed by atoms with Gasteiger partial charge in [0.05, 0.1) is 0 Å². The Labute approximate surface area is 62.3 Å². The lowest BCUT2D eigenvalue weighted by Crippen LogP contribution is -2.09. The van der Waals surface area contributed by atoms with E-state index in [2.05, 4.69) is 4.52 Å². The van der Waals surface area contributed by atoms with Crippen LogP contribution in [0.25, 0.3) is 0 Å². The summed E-state index contributed by atoms with van der Waals surface area (Å²) >= 11 is 0. The predicted molar refractivity (Wildman–Crippen MR) is 37.7 cm³/mol. The molecule has 2 atom stereocenters. The Morgan fingerprint density at radius 2 is 2.20 bits per heavy atom. The maximum absolute atomic E-state index is 10.1. The summed E-state index contributed by atoms with van der Waals surface area (Å²) in [5.74, 6) is 0. The van der Waals surface area contributed by atoms with Gasteiger partial charge in [-0.3, -0.25) is 0 Å². The van der Waals surface area contributed by atoms with Crippen LogP contribution < -0.4 is 4.89 Å². The lowest BCUT2D eigenvalue weighted by molar-refractivity contribution is -0.189. The Kier molecular flexibility index (Phi) is 5.79. The number of hydrogen-bond donors (Lipinski definition) is 0. The highest BCUT2D eigenvalue weighted by molar-refractivity contribution is 7.30. The maximum atomic E-state index is 10.1. The molecule has 0 saturated carbocycles. The zero-order valence-corrected chi connectivity index (χ0v) is 7.27.